The molecule has 0 amide bonds. The molecule has 0 aliphatic heterocycles. The molecule has 0 aromatic carbocycles. The summed E-state index contributed by atoms with van der Waals surface area (Å²) in [5, 5.41) is 0. The highest BCUT2D eigenvalue weighted by atomic mass is 16.7. The van der Waals surface area contributed by atoms with Crippen LogP contribution in [0.3, 0.4) is 0 Å². The van der Waals surface area contributed by atoms with Crippen LogP contribution in [0.5, 0.6) is 0 Å². The normalized spacial score (nSPS) is 12.7. The summed E-state index contributed by atoms with van der Waals surface area (Å²) in [7, 11) is 0. The molecule has 0 N–H and O–H groups in total. The third-order valence-corrected chi connectivity index (χ3v) is 1.49. The number of hydrogen-bond acceptors (Lipinski definition) is 3. The van der Waals surface area contributed by atoms with Crippen molar-refractivity contribution < 1.29 is 13.9 Å². The summed E-state index contributed by atoms with van der Waals surface area (Å²) in [5.41, 5.74) is 0. The Balaban J connectivity index is 2.15. The molecule has 1 rings (SSSR count). The molecule has 72 valence electrons. The Morgan fingerprint density at radius 2 is 2.46 bits per heavy atom. The van der Waals surface area contributed by atoms with Crippen molar-refractivity contribution in [3.63, 3.8) is 0 Å². The van der Waals surface area contributed by atoms with Gasteiger partial charge >= 0.3 is 0 Å². The van der Waals surface area contributed by atoms with Crippen LogP contribution >= 0.6 is 0 Å². The molecule has 0 saturated heterocycles. The number of hydrogen-bond donors (Lipinski definition) is 0. The molecule has 0 radical (unpaired) electrons. The first-order chi connectivity index (χ1) is 6.33. The highest BCUT2D eigenvalue weighted by molar-refractivity contribution is 4.95. The molecule has 0 bridgehead atoms. The minimum atomic E-state index is -0.233. The summed E-state index contributed by atoms with van der Waals surface area (Å²) < 4.78 is 15.6. The second-order valence-corrected chi connectivity index (χ2v) is 2.58. The molecule has 3 nitrogen and oxygen atoms in total. The summed E-state index contributed by atoms with van der Waals surface area (Å²) in [6.45, 7) is 6.32. The van der Waals surface area contributed by atoms with Crippen molar-refractivity contribution in [3.05, 3.63) is 36.8 Å². The van der Waals surface area contributed by atoms with Crippen LogP contribution < -0.4 is 0 Å². The van der Waals surface area contributed by atoms with E-state index >= 15 is 0 Å². The molecule has 0 fully saturated rings. The maximum Gasteiger partial charge on any atom is 0.155 e. The molecular weight excluding hydrogens is 168 g/mol. The van der Waals surface area contributed by atoms with Gasteiger partial charge < -0.3 is 13.9 Å². The minimum Gasteiger partial charge on any atom is -0.467 e. The Morgan fingerprint density at radius 3 is 3.08 bits per heavy atom. The summed E-state index contributed by atoms with van der Waals surface area (Å²) >= 11 is 0. The SMILES string of the molecule is C=CCOC(C)OCc1ccco1. The van der Waals surface area contributed by atoms with Crippen molar-refractivity contribution in [3.8, 4) is 0 Å². The maximum absolute atomic E-state index is 5.32. The number of ether oxygens (including phenoxy) is 2. The van der Waals surface area contributed by atoms with Gasteiger partial charge in [-0.3, -0.25) is 0 Å². The lowest BCUT2D eigenvalue weighted by Crippen LogP contribution is -2.12. The van der Waals surface area contributed by atoms with Gasteiger partial charge in [-0.2, -0.15) is 0 Å². The minimum absolute atomic E-state index is 0.233. The van der Waals surface area contributed by atoms with Gasteiger partial charge in [0.2, 0.25) is 0 Å². The van der Waals surface area contributed by atoms with Crippen molar-refractivity contribution in [1.82, 2.24) is 0 Å². The van der Waals surface area contributed by atoms with Gasteiger partial charge in [0.25, 0.3) is 0 Å². The smallest absolute Gasteiger partial charge is 0.155 e. The van der Waals surface area contributed by atoms with E-state index in [4.69, 9.17) is 13.9 Å². The molecule has 1 heterocycles. The Morgan fingerprint density at radius 1 is 1.62 bits per heavy atom. The predicted octanol–water partition coefficient (Wildman–Crippen LogP) is 2.34. The van der Waals surface area contributed by atoms with E-state index in [1.165, 1.54) is 0 Å². The van der Waals surface area contributed by atoms with Gasteiger partial charge in [-0.1, -0.05) is 6.08 Å². The van der Waals surface area contributed by atoms with Gasteiger partial charge in [-0.05, 0) is 19.1 Å². The molecule has 0 aliphatic carbocycles. The van der Waals surface area contributed by atoms with E-state index in [1.807, 2.05) is 19.1 Å². The fraction of sp³-hybridized carbons (Fsp3) is 0.400. The van der Waals surface area contributed by atoms with Crippen LogP contribution in [0.15, 0.2) is 35.5 Å². The van der Waals surface area contributed by atoms with Gasteiger partial charge in [0.1, 0.15) is 12.4 Å². The Kier molecular flexibility index (Phi) is 4.29. The van der Waals surface area contributed by atoms with Gasteiger partial charge in [-0.15, -0.1) is 6.58 Å². The molecule has 0 saturated carbocycles. The molecular formula is C10H14O3. The zero-order chi connectivity index (χ0) is 9.52. The molecule has 1 aromatic heterocycles. The van der Waals surface area contributed by atoms with E-state index in [2.05, 4.69) is 6.58 Å². The van der Waals surface area contributed by atoms with Crippen LogP contribution in [0.25, 0.3) is 0 Å². The van der Waals surface area contributed by atoms with Crippen molar-refractivity contribution in [2.24, 2.45) is 0 Å². The molecule has 1 atom stereocenters. The average Bonchev–Trinajstić information content (AvgIpc) is 2.64. The first-order valence-corrected chi connectivity index (χ1v) is 4.19. The molecule has 13 heavy (non-hydrogen) atoms. The van der Waals surface area contributed by atoms with Crippen LogP contribution in [0, 0.1) is 0 Å². The zero-order valence-electron chi connectivity index (χ0n) is 7.73. The number of furan rings is 1. The van der Waals surface area contributed by atoms with Crippen LogP contribution in [-0.2, 0) is 16.1 Å². The van der Waals surface area contributed by atoms with Crippen molar-refractivity contribution >= 4 is 0 Å². The lowest BCUT2D eigenvalue weighted by atomic mass is 10.5. The first kappa shape index (κ1) is 10.0. The van der Waals surface area contributed by atoms with Crippen LogP contribution in [0.2, 0.25) is 0 Å². The lowest BCUT2D eigenvalue weighted by molar-refractivity contribution is -0.133. The first-order valence-electron chi connectivity index (χ1n) is 4.19. The summed E-state index contributed by atoms with van der Waals surface area (Å²) in [4.78, 5) is 0. The Hall–Kier alpha value is -1.06. The Labute approximate surface area is 78.0 Å². The summed E-state index contributed by atoms with van der Waals surface area (Å²) in [5.74, 6) is 0.800. The van der Waals surface area contributed by atoms with Crippen LogP contribution in [0.4, 0.5) is 0 Å². The van der Waals surface area contributed by atoms with E-state index in [1.54, 1.807) is 12.3 Å². The number of rotatable bonds is 6. The van der Waals surface area contributed by atoms with E-state index in [0.29, 0.717) is 13.2 Å². The second kappa shape index (κ2) is 5.56. The third-order valence-electron chi connectivity index (χ3n) is 1.49. The predicted molar refractivity (Wildman–Crippen MR) is 49.1 cm³/mol. The summed E-state index contributed by atoms with van der Waals surface area (Å²) in [6, 6.07) is 3.69. The largest absolute Gasteiger partial charge is 0.467 e. The van der Waals surface area contributed by atoms with E-state index in [9.17, 15) is 0 Å². The van der Waals surface area contributed by atoms with E-state index < -0.39 is 0 Å². The highest BCUT2D eigenvalue weighted by Gasteiger charge is 2.02. The van der Waals surface area contributed by atoms with Gasteiger partial charge in [0.15, 0.2) is 6.29 Å². The van der Waals surface area contributed by atoms with Crippen molar-refractivity contribution in [1.29, 1.82) is 0 Å². The molecule has 0 aliphatic rings. The van der Waals surface area contributed by atoms with Gasteiger partial charge in [0.05, 0.1) is 12.9 Å². The highest BCUT2D eigenvalue weighted by Crippen LogP contribution is 2.04. The molecule has 1 unspecified atom stereocenters. The van der Waals surface area contributed by atoms with Gasteiger partial charge in [-0.25, -0.2) is 0 Å². The lowest BCUT2D eigenvalue weighted by Gasteiger charge is -2.11. The van der Waals surface area contributed by atoms with E-state index in [-0.39, 0.29) is 6.29 Å². The van der Waals surface area contributed by atoms with Crippen molar-refractivity contribution in [2.75, 3.05) is 6.61 Å². The van der Waals surface area contributed by atoms with Crippen molar-refractivity contribution in [2.45, 2.75) is 19.8 Å². The van der Waals surface area contributed by atoms with Crippen LogP contribution in [-0.4, -0.2) is 12.9 Å². The monoisotopic (exact) mass is 182 g/mol. The topological polar surface area (TPSA) is 31.6 Å². The van der Waals surface area contributed by atoms with Gasteiger partial charge in [0, 0.05) is 0 Å². The molecule has 1 aromatic rings. The zero-order valence-corrected chi connectivity index (χ0v) is 7.73. The van der Waals surface area contributed by atoms with Crippen LogP contribution in [0.1, 0.15) is 12.7 Å². The Bertz CT molecular complexity index is 228. The average molecular weight is 182 g/mol. The molecule has 3 heteroatoms. The molecule has 0 spiro atoms. The standard InChI is InChI=1S/C10H14O3/c1-3-6-11-9(2)13-8-10-5-4-7-12-10/h3-5,7,9H,1,6,8H2,2H3. The summed E-state index contributed by atoms with van der Waals surface area (Å²) in [6.07, 6.45) is 3.07. The third kappa shape index (κ3) is 3.92. The van der Waals surface area contributed by atoms with E-state index in [0.717, 1.165) is 5.76 Å². The fourth-order valence-electron chi connectivity index (χ4n) is 0.846. The maximum atomic E-state index is 5.32. The second-order valence-electron chi connectivity index (χ2n) is 2.58. The fourth-order valence-corrected chi connectivity index (χ4v) is 0.846. The quantitative estimate of drug-likeness (QED) is 0.500.